The van der Waals surface area contributed by atoms with Gasteiger partial charge in [0.1, 0.15) is 8.07 Å². The van der Waals surface area contributed by atoms with Gasteiger partial charge in [0, 0.05) is 5.56 Å². The minimum atomic E-state index is -1.72. The van der Waals surface area contributed by atoms with E-state index >= 15 is 0 Å². The standard InChI is InChI=1S/C18H27ClOSi/c1-13(2)21(14(3)4,15(5)6)10-9-17-8-7-16(12-20)11-18(17)19/h7-8,11,13-15,20H,12H2,1-6H3. The molecule has 1 aromatic carbocycles. The van der Waals surface area contributed by atoms with Crippen molar-refractivity contribution in [2.45, 2.75) is 64.8 Å². The minimum Gasteiger partial charge on any atom is -0.392 e. The van der Waals surface area contributed by atoms with Crippen LogP contribution in [0, 0.1) is 11.5 Å². The molecule has 0 aliphatic heterocycles. The topological polar surface area (TPSA) is 20.2 Å². The van der Waals surface area contributed by atoms with Crippen LogP contribution < -0.4 is 0 Å². The van der Waals surface area contributed by atoms with E-state index in [0.29, 0.717) is 21.6 Å². The third kappa shape index (κ3) is 3.91. The van der Waals surface area contributed by atoms with Crippen molar-refractivity contribution < 1.29 is 5.11 Å². The summed E-state index contributed by atoms with van der Waals surface area (Å²) in [4.78, 5) is 0. The lowest BCUT2D eigenvalue weighted by atomic mass is 10.1. The molecule has 21 heavy (non-hydrogen) atoms. The van der Waals surface area contributed by atoms with Gasteiger partial charge in [-0.05, 0) is 34.3 Å². The summed E-state index contributed by atoms with van der Waals surface area (Å²) in [6.07, 6.45) is 0. The summed E-state index contributed by atoms with van der Waals surface area (Å²) < 4.78 is 0. The van der Waals surface area contributed by atoms with E-state index in [1.54, 1.807) is 6.07 Å². The average molecular weight is 323 g/mol. The number of hydrogen-bond donors (Lipinski definition) is 1. The van der Waals surface area contributed by atoms with Crippen molar-refractivity contribution in [2.75, 3.05) is 0 Å². The lowest BCUT2D eigenvalue weighted by Crippen LogP contribution is -2.43. The molecular weight excluding hydrogens is 296 g/mol. The fraction of sp³-hybridized carbons (Fsp3) is 0.556. The van der Waals surface area contributed by atoms with Gasteiger partial charge in [-0.15, -0.1) is 5.54 Å². The zero-order chi connectivity index (χ0) is 16.2. The highest BCUT2D eigenvalue weighted by Gasteiger charge is 2.41. The van der Waals surface area contributed by atoms with Crippen LogP contribution in [0.25, 0.3) is 0 Å². The molecule has 0 aromatic heterocycles. The fourth-order valence-corrected chi connectivity index (χ4v) is 8.83. The Morgan fingerprint density at radius 2 is 1.57 bits per heavy atom. The number of aliphatic hydroxyl groups is 1. The van der Waals surface area contributed by atoms with Crippen LogP contribution in [0.5, 0.6) is 0 Å². The van der Waals surface area contributed by atoms with Gasteiger partial charge in [0.05, 0.1) is 11.6 Å². The molecule has 0 atom stereocenters. The number of hydrogen-bond acceptors (Lipinski definition) is 1. The summed E-state index contributed by atoms with van der Waals surface area (Å²) in [6.45, 7) is 13.8. The van der Waals surface area contributed by atoms with E-state index in [1.165, 1.54) is 0 Å². The molecule has 0 bridgehead atoms. The van der Waals surface area contributed by atoms with E-state index in [-0.39, 0.29) is 6.61 Å². The molecule has 3 heteroatoms. The Hall–Kier alpha value is -0.753. The van der Waals surface area contributed by atoms with Gasteiger partial charge in [-0.1, -0.05) is 65.1 Å². The van der Waals surface area contributed by atoms with E-state index in [2.05, 4.69) is 53.0 Å². The minimum absolute atomic E-state index is 0.0100. The van der Waals surface area contributed by atoms with E-state index in [1.807, 2.05) is 12.1 Å². The molecule has 0 aliphatic carbocycles. The van der Waals surface area contributed by atoms with Crippen molar-refractivity contribution in [1.82, 2.24) is 0 Å². The van der Waals surface area contributed by atoms with E-state index < -0.39 is 8.07 Å². The molecule has 0 heterocycles. The Kier molecular flexibility index (Phi) is 6.53. The number of benzene rings is 1. The smallest absolute Gasteiger partial charge is 0.146 e. The predicted octanol–water partition coefficient (Wildman–Crippen LogP) is 5.40. The van der Waals surface area contributed by atoms with Crippen LogP contribution in [-0.4, -0.2) is 13.2 Å². The van der Waals surface area contributed by atoms with Gasteiger partial charge >= 0.3 is 0 Å². The summed E-state index contributed by atoms with van der Waals surface area (Å²) in [6, 6.07) is 5.61. The zero-order valence-corrected chi connectivity index (χ0v) is 15.8. The Morgan fingerprint density at radius 1 is 1.05 bits per heavy atom. The van der Waals surface area contributed by atoms with E-state index in [4.69, 9.17) is 16.7 Å². The normalized spacial score (nSPS) is 12.0. The highest BCUT2D eigenvalue weighted by atomic mass is 35.5. The molecule has 1 N–H and O–H groups in total. The fourth-order valence-electron chi connectivity index (χ4n) is 3.37. The molecule has 0 unspecified atom stereocenters. The van der Waals surface area contributed by atoms with E-state index in [0.717, 1.165) is 11.1 Å². The van der Waals surface area contributed by atoms with Crippen molar-refractivity contribution >= 4 is 19.7 Å². The van der Waals surface area contributed by atoms with Crippen LogP contribution in [0.1, 0.15) is 52.7 Å². The molecule has 0 aliphatic rings. The lowest BCUT2D eigenvalue weighted by molar-refractivity contribution is 0.282. The van der Waals surface area contributed by atoms with Gasteiger partial charge in [-0.2, -0.15) is 0 Å². The van der Waals surface area contributed by atoms with Crippen molar-refractivity contribution in [3.8, 4) is 11.5 Å². The third-order valence-corrected chi connectivity index (χ3v) is 11.1. The summed E-state index contributed by atoms with van der Waals surface area (Å²) in [5.41, 5.74) is 7.20. The zero-order valence-electron chi connectivity index (χ0n) is 14.0. The number of aliphatic hydroxyl groups excluding tert-OH is 1. The van der Waals surface area contributed by atoms with Crippen molar-refractivity contribution in [2.24, 2.45) is 0 Å². The number of halogens is 1. The first kappa shape index (κ1) is 18.3. The Balaban J connectivity index is 3.29. The first-order valence-electron chi connectivity index (χ1n) is 7.68. The second-order valence-corrected chi connectivity index (χ2v) is 12.6. The maximum Gasteiger partial charge on any atom is 0.146 e. The highest BCUT2D eigenvalue weighted by Crippen LogP contribution is 2.40. The second-order valence-electron chi connectivity index (χ2n) is 6.62. The van der Waals surface area contributed by atoms with Crippen molar-refractivity contribution in [3.05, 3.63) is 34.3 Å². The van der Waals surface area contributed by atoms with Crippen LogP contribution in [-0.2, 0) is 6.61 Å². The SMILES string of the molecule is CC(C)[Si](C#Cc1ccc(CO)cc1Cl)(C(C)C)C(C)C. The molecule has 116 valence electrons. The molecule has 0 fully saturated rings. The highest BCUT2D eigenvalue weighted by molar-refractivity contribution is 6.90. The molecule has 1 rings (SSSR count). The summed E-state index contributed by atoms with van der Waals surface area (Å²) in [5.74, 6) is 3.35. The second kappa shape index (κ2) is 7.49. The average Bonchev–Trinajstić information content (AvgIpc) is 2.39. The number of rotatable bonds is 4. The van der Waals surface area contributed by atoms with Gasteiger partial charge in [-0.25, -0.2) is 0 Å². The molecular formula is C18H27ClOSi. The van der Waals surface area contributed by atoms with Crippen LogP contribution in [0.15, 0.2) is 18.2 Å². The summed E-state index contributed by atoms with van der Waals surface area (Å²) >= 11 is 6.28. The quantitative estimate of drug-likeness (QED) is 0.581. The maximum absolute atomic E-state index is 9.14. The molecule has 0 radical (unpaired) electrons. The lowest BCUT2D eigenvalue weighted by Gasteiger charge is -2.38. The van der Waals surface area contributed by atoms with Crippen LogP contribution >= 0.6 is 11.6 Å². The Labute approximate surface area is 135 Å². The van der Waals surface area contributed by atoms with Gasteiger partial charge in [0.15, 0.2) is 0 Å². The molecule has 1 nitrogen and oxygen atoms in total. The largest absolute Gasteiger partial charge is 0.392 e. The van der Waals surface area contributed by atoms with E-state index in [9.17, 15) is 0 Å². The molecule has 0 amide bonds. The van der Waals surface area contributed by atoms with Crippen LogP contribution in [0.3, 0.4) is 0 Å². The van der Waals surface area contributed by atoms with Crippen molar-refractivity contribution in [1.29, 1.82) is 0 Å². The Morgan fingerprint density at radius 3 is 1.95 bits per heavy atom. The molecule has 0 saturated heterocycles. The third-order valence-electron chi connectivity index (χ3n) is 4.50. The van der Waals surface area contributed by atoms with Gasteiger partial charge in [0.2, 0.25) is 0 Å². The maximum atomic E-state index is 9.14. The monoisotopic (exact) mass is 322 g/mol. The first-order valence-corrected chi connectivity index (χ1v) is 10.3. The van der Waals surface area contributed by atoms with Gasteiger partial charge in [0.25, 0.3) is 0 Å². The van der Waals surface area contributed by atoms with Gasteiger partial charge < -0.3 is 5.11 Å². The summed E-state index contributed by atoms with van der Waals surface area (Å²) in [7, 11) is -1.72. The Bertz CT molecular complexity index is 516. The van der Waals surface area contributed by atoms with Crippen molar-refractivity contribution in [3.63, 3.8) is 0 Å². The molecule has 0 saturated carbocycles. The first-order chi connectivity index (χ1) is 9.75. The van der Waals surface area contributed by atoms with Crippen LogP contribution in [0.2, 0.25) is 21.6 Å². The summed E-state index contributed by atoms with van der Waals surface area (Å²) in [5, 5.41) is 9.78. The predicted molar refractivity (Wildman–Crippen MR) is 95.3 cm³/mol. The van der Waals surface area contributed by atoms with Crippen LogP contribution in [0.4, 0.5) is 0 Å². The molecule has 1 aromatic rings. The molecule has 0 spiro atoms. The van der Waals surface area contributed by atoms with Gasteiger partial charge in [-0.3, -0.25) is 0 Å².